The molecule has 1 amide bonds. The van der Waals surface area contributed by atoms with E-state index >= 15 is 0 Å². The summed E-state index contributed by atoms with van der Waals surface area (Å²) in [5.74, 6) is -1.09. The zero-order valence-electron chi connectivity index (χ0n) is 11.8. The number of thioether (sulfide) groups is 1. The summed E-state index contributed by atoms with van der Waals surface area (Å²) in [4.78, 5) is 26.7. The smallest absolute Gasteiger partial charge is 0.325 e. The molecular formula is C14H14FN3O3S. The summed E-state index contributed by atoms with van der Waals surface area (Å²) in [6.07, 6.45) is 3.25. The van der Waals surface area contributed by atoms with Crippen molar-refractivity contribution in [1.82, 2.24) is 14.9 Å². The lowest BCUT2D eigenvalue weighted by atomic mass is 10.3. The van der Waals surface area contributed by atoms with Crippen molar-refractivity contribution in [2.45, 2.75) is 5.16 Å². The second-order valence-corrected chi connectivity index (χ2v) is 5.14. The first-order valence-electron chi connectivity index (χ1n) is 6.35. The maximum atomic E-state index is 13.3. The molecule has 0 atom stereocenters. The van der Waals surface area contributed by atoms with Gasteiger partial charge in [-0.3, -0.25) is 14.2 Å². The number of halogens is 1. The Balaban J connectivity index is 1.96. The van der Waals surface area contributed by atoms with Gasteiger partial charge in [0.25, 0.3) is 0 Å². The third-order valence-corrected chi connectivity index (χ3v) is 3.65. The predicted octanol–water partition coefficient (Wildman–Crippen LogP) is 1.39. The summed E-state index contributed by atoms with van der Waals surface area (Å²) in [5, 5.41) is 2.99. The summed E-state index contributed by atoms with van der Waals surface area (Å²) in [5.41, 5.74) is 0.620. The van der Waals surface area contributed by atoms with Crippen LogP contribution in [0.2, 0.25) is 0 Å². The van der Waals surface area contributed by atoms with E-state index in [4.69, 9.17) is 0 Å². The Hall–Kier alpha value is -2.35. The van der Waals surface area contributed by atoms with Crippen LogP contribution in [-0.2, 0) is 14.3 Å². The highest BCUT2D eigenvalue weighted by atomic mass is 32.2. The van der Waals surface area contributed by atoms with Crippen molar-refractivity contribution in [3.63, 3.8) is 0 Å². The van der Waals surface area contributed by atoms with Gasteiger partial charge in [0.2, 0.25) is 5.91 Å². The van der Waals surface area contributed by atoms with Gasteiger partial charge in [-0.15, -0.1) is 0 Å². The first-order chi connectivity index (χ1) is 10.6. The van der Waals surface area contributed by atoms with Crippen LogP contribution in [0.15, 0.2) is 41.8 Å². The van der Waals surface area contributed by atoms with E-state index in [1.165, 1.54) is 31.0 Å². The molecule has 0 aliphatic rings. The summed E-state index contributed by atoms with van der Waals surface area (Å²) < 4.78 is 19.4. The SMILES string of the molecule is COC(=O)CNC(=O)CSc1nccn1-c1cccc(F)c1. The zero-order valence-corrected chi connectivity index (χ0v) is 12.6. The van der Waals surface area contributed by atoms with Gasteiger partial charge in [0.15, 0.2) is 5.16 Å². The van der Waals surface area contributed by atoms with Gasteiger partial charge in [-0.2, -0.15) is 0 Å². The molecular weight excluding hydrogens is 309 g/mol. The number of amides is 1. The second kappa shape index (κ2) is 7.60. The van der Waals surface area contributed by atoms with E-state index in [1.807, 2.05) is 0 Å². The molecule has 1 aromatic carbocycles. The lowest BCUT2D eigenvalue weighted by Gasteiger charge is -2.07. The molecule has 22 heavy (non-hydrogen) atoms. The van der Waals surface area contributed by atoms with Crippen LogP contribution < -0.4 is 5.32 Å². The van der Waals surface area contributed by atoms with Crippen LogP contribution in [0.25, 0.3) is 5.69 Å². The summed E-state index contributed by atoms with van der Waals surface area (Å²) in [7, 11) is 1.25. The number of carbonyl (C=O) groups is 2. The van der Waals surface area contributed by atoms with E-state index in [1.54, 1.807) is 29.1 Å². The lowest BCUT2D eigenvalue weighted by molar-refractivity contribution is -0.140. The van der Waals surface area contributed by atoms with Gasteiger partial charge in [-0.1, -0.05) is 17.8 Å². The standard InChI is InChI=1S/C14H14FN3O3S/c1-21-13(20)8-17-12(19)9-22-14-16-5-6-18(14)11-4-2-3-10(15)7-11/h2-7H,8-9H2,1H3,(H,17,19). The molecule has 0 unspecified atom stereocenters. The molecule has 0 aliphatic heterocycles. The molecule has 2 aromatic rings. The average molecular weight is 323 g/mol. The van der Waals surface area contributed by atoms with Crippen molar-refractivity contribution in [1.29, 1.82) is 0 Å². The number of hydrogen-bond acceptors (Lipinski definition) is 5. The third-order valence-electron chi connectivity index (χ3n) is 2.68. The quantitative estimate of drug-likeness (QED) is 0.642. The van der Waals surface area contributed by atoms with Crippen molar-refractivity contribution in [3.05, 3.63) is 42.5 Å². The fraction of sp³-hybridized carbons (Fsp3) is 0.214. The number of imidazole rings is 1. The van der Waals surface area contributed by atoms with Gasteiger partial charge in [0, 0.05) is 12.4 Å². The topological polar surface area (TPSA) is 73.2 Å². The van der Waals surface area contributed by atoms with Gasteiger partial charge in [0.05, 0.1) is 18.6 Å². The van der Waals surface area contributed by atoms with E-state index in [0.717, 1.165) is 0 Å². The Kier molecular flexibility index (Phi) is 5.54. The second-order valence-electron chi connectivity index (χ2n) is 4.20. The van der Waals surface area contributed by atoms with Gasteiger partial charge in [0.1, 0.15) is 12.4 Å². The van der Waals surface area contributed by atoms with E-state index in [0.29, 0.717) is 10.8 Å². The maximum absolute atomic E-state index is 13.3. The molecule has 116 valence electrons. The molecule has 1 heterocycles. The van der Waals surface area contributed by atoms with Crippen LogP contribution in [0.4, 0.5) is 4.39 Å². The minimum atomic E-state index is -0.514. The summed E-state index contributed by atoms with van der Waals surface area (Å²) >= 11 is 1.19. The van der Waals surface area contributed by atoms with E-state index in [-0.39, 0.29) is 24.0 Å². The van der Waals surface area contributed by atoms with Gasteiger partial charge >= 0.3 is 5.97 Å². The molecule has 0 saturated heterocycles. The van der Waals surface area contributed by atoms with Crippen LogP contribution in [0.3, 0.4) is 0 Å². The molecule has 0 bridgehead atoms. The molecule has 0 radical (unpaired) electrons. The fourth-order valence-corrected chi connectivity index (χ4v) is 2.45. The predicted molar refractivity (Wildman–Crippen MR) is 79.3 cm³/mol. The number of nitrogens with zero attached hydrogens (tertiary/aromatic N) is 2. The normalized spacial score (nSPS) is 10.3. The van der Waals surface area contributed by atoms with Crippen molar-refractivity contribution < 1.29 is 18.7 Å². The monoisotopic (exact) mass is 323 g/mol. The Morgan fingerprint density at radius 1 is 1.45 bits per heavy atom. The summed E-state index contributed by atoms with van der Waals surface area (Å²) in [6, 6.07) is 6.07. The largest absolute Gasteiger partial charge is 0.468 e. The molecule has 0 spiro atoms. The van der Waals surface area contributed by atoms with Crippen LogP contribution >= 0.6 is 11.8 Å². The number of ether oxygens (including phenoxy) is 1. The molecule has 0 saturated carbocycles. The Labute approximate surface area is 130 Å². The maximum Gasteiger partial charge on any atom is 0.325 e. The van der Waals surface area contributed by atoms with Crippen LogP contribution in [0, 0.1) is 5.82 Å². The highest BCUT2D eigenvalue weighted by molar-refractivity contribution is 7.99. The number of hydrogen-bond donors (Lipinski definition) is 1. The van der Waals surface area contributed by atoms with Crippen LogP contribution in [-0.4, -0.2) is 40.8 Å². The Morgan fingerprint density at radius 3 is 3.00 bits per heavy atom. The molecule has 1 N–H and O–H groups in total. The fourth-order valence-electron chi connectivity index (χ4n) is 1.64. The third kappa shape index (κ3) is 4.32. The number of benzene rings is 1. The van der Waals surface area contributed by atoms with E-state index in [2.05, 4.69) is 15.0 Å². The highest BCUT2D eigenvalue weighted by Gasteiger charge is 2.10. The van der Waals surface area contributed by atoms with E-state index in [9.17, 15) is 14.0 Å². The van der Waals surface area contributed by atoms with Crippen molar-refractivity contribution >= 4 is 23.6 Å². The van der Waals surface area contributed by atoms with Gasteiger partial charge in [-0.05, 0) is 18.2 Å². The van der Waals surface area contributed by atoms with Crippen LogP contribution in [0.1, 0.15) is 0 Å². The molecule has 1 aromatic heterocycles. The van der Waals surface area contributed by atoms with Gasteiger partial charge < -0.3 is 10.1 Å². The number of nitrogens with one attached hydrogen (secondary N) is 1. The zero-order chi connectivity index (χ0) is 15.9. The molecule has 0 fully saturated rings. The van der Waals surface area contributed by atoms with E-state index < -0.39 is 5.97 Å². The Bertz CT molecular complexity index is 675. The first-order valence-corrected chi connectivity index (χ1v) is 7.34. The number of carbonyl (C=O) groups excluding carboxylic acids is 2. The molecule has 0 aliphatic carbocycles. The highest BCUT2D eigenvalue weighted by Crippen LogP contribution is 2.20. The van der Waals surface area contributed by atoms with Crippen molar-refractivity contribution in [2.24, 2.45) is 0 Å². The summed E-state index contributed by atoms with van der Waals surface area (Å²) in [6.45, 7) is -0.172. The minimum Gasteiger partial charge on any atom is -0.468 e. The van der Waals surface area contributed by atoms with Crippen molar-refractivity contribution in [3.8, 4) is 5.69 Å². The van der Waals surface area contributed by atoms with Gasteiger partial charge in [-0.25, -0.2) is 9.37 Å². The molecule has 8 heteroatoms. The average Bonchev–Trinajstić information content (AvgIpc) is 2.99. The number of methoxy groups -OCH3 is 1. The number of esters is 1. The minimum absolute atomic E-state index is 0.0866. The van der Waals surface area contributed by atoms with Crippen molar-refractivity contribution in [2.75, 3.05) is 19.4 Å². The number of rotatable bonds is 6. The first kappa shape index (κ1) is 16.0. The molecule has 6 nitrogen and oxygen atoms in total. The Morgan fingerprint density at radius 2 is 2.27 bits per heavy atom. The molecule has 2 rings (SSSR count). The lowest BCUT2D eigenvalue weighted by Crippen LogP contribution is -2.31. The van der Waals surface area contributed by atoms with Crippen LogP contribution in [0.5, 0.6) is 0 Å². The number of aromatic nitrogens is 2.